The van der Waals surface area contributed by atoms with E-state index in [-0.39, 0.29) is 11.4 Å². The highest BCUT2D eigenvalue weighted by molar-refractivity contribution is 5.91. The lowest BCUT2D eigenvalue weighted by Gasteiger charge is -1.82. The molecule has 1 heterocycles. The topological polar surface area (TPSA) is 89.4 Å². The Morgan fingerprint density at radius 3 is 2.78 bits per heavy atom. The van der Waals surface area contributed by atoms with Crippen LogP contribution in [0.1, 0.15) is 10.4 Å². The average Bonchev–Trinajstić information content (AvgIpc) is 2.13. The number of nitrogen functional groups attached to an aromatic ring is 1. The van der Waals surface area contributed by atoms with Gasteiger partial charge in [0.1, 0.15) is 11.8 Å². The zero-order valence-electron chi connectivity index (χ0n) is 4.37. The predicted octanol–water partition coefficient (Wildman–Crippen LogP) is -0.0450. The average molecular weight is 128 g/mol. The van der Waals surface area contributed by atoms with Crippen LogP contribution in [0.3, 0.4) is 0 Å². The maximum Gasteiger partial charge on any atom is 0.342 e. The quantitative estimate of drug-likeness (QED) is 0.553. The molecule has 5 nitrogen and oxygen atoms in total. The van der Waals surface area contributed by atoms with E-state index in [2.05, 4.69) is 9.68 Å². The van der Waals surface area contributed by atoms with E-state index < -0.39 is 5.97 Å². The van der Waals surface area contributed by atoms with Crippen LogP contribution in [0, 0.1) is 0 Å². The second kappa shape index (κ2) is 1.77. The molecule has 0 aliphatic carbocycles. The molecule has 1 aromatic heterocycles. The van der Waals surface area contributed by atoms with Crippen LogP contribution in [-0.2, 0) is 0 Å². The van der Waals surface area contributed by atoms with E-state index in [0.29, 0.717) is 0 Å². The molecule has 1 rings (SSSR count). The van der Waals surface area contributed by atoms with E-state index in [9.17, 15) is 4.79 Å². The van der Waals surface area contributed by atoms with Crippen molar-refractivity contribution < 1.29 is 14.4 Å². The van der Waals surface area contributed by atoms with Crippen LogP contribution < -0.4 is 5.73 Å². The van der Waals surface area contributed by atoms with Gasteiger partial charge in [0.25, 0.3) is 0 Å². The fourth-order valence-electron chi connectivity index (χ4n) is 0.405. The molecule has 0 saturated heterocycles. The van der Waals surface area contributed by atoms with Gasteiger partial charge in [-0.3, -0.25) is 0 Å². The minimum absolute atomic E-state index is 0.0949. The highest BCUT2D eigenvalue weighted by Crippen LogP contribution is 2.06. The summed E-state index contributed by atoms with van der Waals surface area (Å²) in [6.07, 6.45) is 0.984. The Morgan fingerprint density at radius 1 is 1.89 bits per heavy atom. The Balaban J connectivity index is 3.08. The first kappa shape index (κ1) is 5.61. The number of rotatable bonds is 1. The first-order valence-electron chi connectivity index (χ1n) is 2.15. The summed E-state index contributed by atoms with van der Waals surface area (Å²) in [6, 6.07) is 0. The molecule has 0 atom stereocenters. The number of carboxylic acids is 1. The minimum atomic E-state index is -1.13. The number of hydrogen-bond donors (Lipinski definition) is 2. The van der Waals surface area contributed by atoms with E-state index in [1.165, 1.54) is 0 Å². The van der Waals surface area contributed by atoms with Gasteiger partial charge in [0.05, 0.1) is 0 Å². The van der Waals surface area contributed by atoms with E-state index in [4.69, 9.17) is 10.8 Å². The maximum absolute atomic E-state index is 10.1. The molecule has 0 unspecified atom stereocenters. The number of carboxylic acid groups (broad SMARTS) is 1. The van der Waals surface area contributed by atoms with Crippen LogP contribution in [0.25, 0.3) is 0 Å². The molecule has 0 spiro atoms. The zero-order chi connectivity index (χ0) is 6.85. The number of hydrogen-bond acceptors (Lipinski definition) is 4. The van der Waals surface area contributed by atoms with E-state index >= 15 is 0 Å². The van der Waals surface area contributed by atoms with Crippen LogP contribution in [0.4, 0.5) is 5.82 Å². The number of aromatic carboxylic acids is 1. The van der Waals surface area contributed by atoms with Crippen molar-refractivity contribution in [1.29, 1.82) is 0 Å². The summed E-state index contributed by atoms with van der Waals surface area (Å²) >= 11 is 0. The van der Waals surface area contributed by atoms with Gasteiger partial charge in [0, 0.05) is 0 Å². The smallest absolute Gasteiger partial charge is 0.342 e. The highest BCUT2D eigenvalue weighted by atomic mass is 16.5. The number of anilines is 1. The summed E-state index contributed by atoms with van der Waals surface area (Å²) in [4.78, 5) is 10.1. The first-order valence-corrected chi connectivity index (χ1v) is 2.15. The van der Waals surface area contributed by atoms with Crippen LogP contribution >= 0.6 is 0 Å². The van der Waals surface area contributed by atoms with Crippen molar-refractivity contribution in [3.05, 3.63) is 11.8 Å². The molecule has 0 aromatic carbocycles. The SMILES string of the molecule is Nc1nocc1C(=O)O. The van der Waals surface area contributed by atoms with Crippen molar-refractivity contribution in [1.82, 2.24) is 5.16 Å². The van der Waals surface area contributed by atoms with Gasteiger partial charge in [0.2, 0.25) is 0 Å². The van der Waals surface area contributed by atoms with Gasteiger partial charge >= 0.3 is 5.97 Å². The molecule has 3 N–H and O–H groups in total. The van der Waals surface area contributed by atoms with Gasteiger partial charge in [-0.2, -0.15) is 0 Å². The molecule has 0 radical (unpaired) electrons. The molecule has 9 heavy (non-hydrogen) atoms. The molecular weight excluding hydrogens is 124 g/mol. The van der Waals surface area contributed by atoms with Gasteiger partial charge in [-0.25, -0.2) is 4.79 Å². The van der Waals surface area contributed by atoms with Crippen molar-refractivity contribution in [3.8, 4) is 0 Å². The van der Waals surface area contributed by atoms with Crippen LogP contribution in [0.2, 0.25) is 0 Å². The third-order valence-corrected chi connectivity index (χ3v) is 0.828. The number of nitrogens with zero attached hydrogens (tertiary/aromatic N) is 1. The molecule has 0 bridgehead atoms. The van der Waals surface area contributed by atoms with Crippen LogP contribution in [-0.4, -0.2) is 16.2 Å². The summed E-state index contributed by atoms with van der Waals surface area (Å²) in [5.41, 5.74) is 4.95. The maximum atomic E-state index is 10.1. The van der Waals surface area contributed by atoms with Gasteiger partial charge < -0.3 is 15.4 Å². The van der Waals surface area contributed by atoms with Crippen molar-refractivity contribution in [2.24, 2.45) is 0 Å². The van der Waals surface area contributed by atoms with E-state index in [1.807, 2.05) is 0 Å². The Hall–Kier alpha value is -1.52. The van der Waals surface area contributed by atoms with E-state index in [0.717, 1.165) is 6.26 Å². The predicted molar refractivity (Wildman–Crippen MR) is 27.9 cm³/mol. The molecule has 0 saturated carbocycles. The lowest BCUT2D eigenvalue weighted by atomic mass is 10.3. The standard InChI is InChI=1S/C4H4N2O3/c5-3-2(4(7)8)1-9-6-3/h1H,(H2,5,6)(H,7,8). The molecular formula is C4H4N2O3. The van der Waals surface area contributed by atoms with Crippen molar-refractivity contribution in [2.75, 3.05) is 5.73 Å². The van der Waals surface area contributed by atoms with Crippen molar-refractivity contribution in [3.63, 3.8) is 0 Å². The molecule has 0 aliphatic heterocycles. The summed E-state index contributed by atoms with van der Waals surface area (Å²) < 4.78 is 4.25. The monoisotopic (exact) mass is 128 g/mol. The Kier molecular flexibility index (Phi) is 1.11. The second-order valence-corrected chi connectivity index (χ2v) is 1.42. The summed E-state index contributed by atoms with van der Waals surface area (Å²) in [5.74, 6) is -1.23. The Bertz CT molecular complexity index is 229. The number of nitrogens with two attached hydrogens (primary N) is 1. The summed E-state index contributed by atoms with van der Waals surface area (Å²) in [5, 5.41) is 11.4. The normalized spacial score (nSPS) is 9.33. The summed E-state index contributed by atoms with van der Waals surface area (Å²) in [7, 11) is 0. The summed E-state index contributed by atoms with van der Waals surface area (Å²) in [6.45, 7) is 0. The van der Waals surface area contributed by atoms with Gasteiger partial charge in [-0.05, 0) is 0 Å². The highest BCUT2D eigenvalue weighted by Gasteiger charge is 2.10. The Morgan fingerprint density at radius 2 is 2.56 bits per heavy atom. The molecule has 0 aliphatic rings. The Labute approximate surface area is 50.1 Å². The van der Waals surface area contributed by atoms with Gasteiger partial charge in [-0.15, -0.1) is 0 Å². The molecule has 0 amide bonds. The second-order valence-electron chi connectivity index (χ2n) is 1.42. The van der Waals surface area contributed by atoms with Gasteiger partial charge in [0.15, 0.2) is 5.82 Å². The van der Waals surface area contributed by atoms with E-state index in [1.54, 1.807) is 0 Å². The fourth-order valence-corrected chi connectivity index (χ4v) is 0.405. The van der Waals surface area contributed by atoms with Crippen molar-refractivity contribution in [2.45, 2.75) is 0 Å². The third kappa shape index (κ3) is 0.835. The van der Waals surface area contributed by atoms with Crippen molar-refractivity contribution >= 4 is 11.8 Å². The minimum Gasteiger partial charge on any atom is -0.477 e. The van der Waals surface area contributed by atoms with Crippen LogP contribution in [0.5, 0.6) is 0 Å². The van der Waals surface area contributed by atoms with Gasteiger partial charge in [-0.1, -0.05) is 5.16 Å². The lowest BCUT2D eigenvalue weighted by Crippen LogP contribution is -1.98. The fraction of sp³-hybridized carbons (Fsp3) is 0. The lowest BCUT2D eigenvalue weighted by molar-refractivity contribution is 0.0697. The number of aromatic nitrogens is 1. The molecule has 0 fully saturated rings. The first-order chi connectivity index (χ1) is 4.22. The largest absolute Gasteiger partial charge is 0.477 e. The molecule has 5 heteroatoms. The van der Waals surface area contributed by atoms with Crippen LogP contribution in [0.15, 0.2) is 10.8 Å². The zero-order valence-corrected chi connectivity index (χ0v) is 4.37. The molecule has 1 aromatic rings. The number of carbonyl (C=O) groups is 1. The molecule has 48 valence electrons. The third-order valence-electron chi connectivity index (χ3n) is 0.828.